The number of benzene rings is 2. The molecular formula is C21H15IN4O. The summed E-state index contributed by atoms with van der Waals surface area (Å²) >= 11 is 2.18. The Morgan fingerprint density at radius 3 is 2.56 bits per heavy atom. The van der Waals surface area contributed by atoms with Gasteiger partial charge in [0, 0.05) is 15.7 Å². The van der Waals surface area contributed by atoms with Gasteiger partial charge in [0.25, 0.3) is 0 Å². The Labute approximate surface area is 170 Å². The highest BCUT2D eigenvalue weighted by Crippen LogP contribution is 2.59. The molecule has 1 amide bonds. The Bertz CT molecular complexity index is 1030. The van der Waals surface area contributed by atoms with E-state index in [2.05, 4.69) is 34.7 Å². The summed E-state index contributed by atoms with van der Waals surface area (Å²) in [5.41, 5.74) is 6.93. The average Bonchev–Trinajstić information content (AvgIpc) is 2.99. The Kier molecular flexibility index (Phi) is 4.16. The predicted octanol–water partition coefficient (Wildman–Crippen LogP) is 3.30. The van der Waals surface area contributed by atoms with E-state index in [1.807, 2.05) is 54.6 Å². The maximum Gasteiger partial charge on any atom is 0.240 e. The first-order chi connectivity index (χ1) is 13.0. The lowest BCUT2D eigenvalue weighted by molar-refractivity contribution is -0.122. The number of nitriles is 2. The van der Waals surface area contributed by atoms with Crippen LogP contribution in [-0.2, 0) is 4.79 Å². The van der Waals surface area contributed by atoms with E-state index >= 15 is 0 Å². The summed E-state index contributed by atoms with van der Waals surface area (Å²) < 4.78 is 0.971. The van der Waals surface area contributed by atoms with Crippen LogP contribution < -0.4 is 5.73 Å². The quantitative estimate of drug-likeness (QED) is 0.688. The summed E-state index contributed by atoms with van der Waals surface area (Å²) in [7, 11) is 0. The lowest BCUT2D eigenvalue weighted by Crippen LogP contribution is -2.41. The zero-order valence-corrected chi connectivity index (χ0v) is 16.4. The second-order valence-electron chi connectivity index (χ2n) is 6.77. The highest BCUT2D eigenvalue weighted by molar-refractivity contribution is 14.1. The fourth-order valence-corrected chi connectivity index (χ4v) is 4.96. The smallest absolute Gasteiger partial charge is 0.240 e. The minimum absolute atomic E-state index is 0.541. The van der Waals surface area contributed by atoms with Crippen molar-refractivity contribution in [1.29, 1.82) is 10.5 Å². The van der Waals surface area contributed by atoms with E-state index in [4.69, 9.17) is 5.73 Å². The first kappa shape index (κ1) is 17.6. The predicted molar refractivity (Wildman–Crippen MR) is 109 cm³/mol. The molecular weight excluding hydrogens is 451 g/mol. The summed E-state index contributed by atoms with van der Waals surface area (Å²) in [5, 5.41) is 20.4. The number of primary amides is 1. The Morgan fingerprint density at radius 2 is 1.89 bits per heavy atom. The van der Waals surface area contributed by atoms with Crippen LogP contribution in [-0.4, -0.2) is 16.8 Å². The molecule has 27 heavy (non-hydrogen) atoms. The van der Waals surface area contributed by atoms with Gasteiger partial charge in [-0.3, -0.25) is 4.79 Å². The van der Waals surface area contributed by atoms with Crippen molar-refractivity contribution in [3.8, 4) is 12.1 Å². The third-order valence-corrected chi connectivity index (χ3v) is 6.11. The van der Waals surface area contributed by atoms with Crippen molar-refractivity contribution in [1.82, 2.24) is 4.90 Å². The first-order valence-electron chi connectivity index (χ1n) is 8.45. The number of hydrogen-bond donors (Lipinski definition) is 1. The summed E-state index contributed by atoms with van der Waals surface area (Å²) in [6.07, 6.45) is 3.69. The molecule has 0 unspecified atom stereocenters. The molecule has 0 aliphatic carbocycles. The lowest BCUT2D eigenvalue weighted by Gasteiger charge is -2.34. The van der Waals surface area contributed by atoms with Gasteiger partial charge < -0.3 is 10.6 Å². The Balaban J connectivity index is 2.02. The maximum atomic E-state index is 12.5. The molecule has 2 aliphatic heterocycles. The van der Waals surface area contributed by atoms with Gasteiger partial charge in [-0.1, -0.05) is 36.4 Å². The minimum Gasteiger partial charge on any atom is -0.368 e. The third-order valence-electron chi connectivity index (χ3n) is 5.44. The number of hydrogen-bond acceptors (Lipinski definition) is 4. The molecule has 5 nitrogen and oxygen atoms in total. The molecule has 0 aromatic heterocycles. The van der Waals surface area contributed by atoms with E-state index in [9.17, 15) is 15.3 Å². The molecule has 1 saturated heterocycles. The number of amides is 1. The number of rotatable bonds is 2. The molecule has 2 aliphatic rings. The van der Waals surface area contributed by atoms with Crippen molar-refractivity contribution in [3.05, 3.63) is 75.0 Å². The first-order valence-corrected chi connectivity index (χ1v) is 9.53. The second kappa shape index (κ2) is 6.40. The SMILES string of the molecule is N#CC1(C#N)[C@H](c2cccc(I)c2)[C@@H](C(N)=O)N2C=Cc3ccccc3[C@H]21. The van der Waals surface area contributed by atoms with Crippen LogP contribution in [0.1, 0.15) is 28.7 Å². The van der Waals surface area contributed by atoms with Gasteiger partial charge in [0.05, 0.1) is 18.2 Å². The van der Waals surface area contributed by atoms with E-state index in [-0.39, 0.29) is 0 Å². The van der Waals surface area contributed by atoms with Crippen molar-refractivity contribution < 1.29 is 4.79 Å². The molecule has 1 fully saturated rings. The summed E-state index contributed by atoms with van der Waals surface area (Å²) in [5.74, 6) is -1.19. The summed E-state index contributed by atoms with van der Waals surface area (Å²) in [4.78, 5) is 14.3. The van der Waals surface area contributed by atoms with Gasteiger partial charge in [-0.2, -0.15) is 10.5 Å². The Hall–Kier alpha value is -2.84. The van der Waals surface area contributed by atoms with Crippen LogP contribution in [0.5, 0.6) is 0 Å². The van der Waals surface area contributed by atoms with E-state index in [1.165, 1.54) is 0 Å². The lowest BCUT2D eigenvalue weighted by atomic mass is 9.68. The number of carbonyl (C=O) groups excluding carboxylic acids is 1. The minimum atomic E-state index is -1.44. The van der Waals surface area contributed by atoms with Crippen molar-refractivity contribution in [2.24, 2.45) is 11.1 Å². The zero-order valence-electron chi connectivity index (χ0n) is 14.2. The molecule has 2 aromatic carbocycles. The number of fused-ring (bicyclic) bond motifs is 3. The monoisotopic (exact) mass is 466 g/mol. The van der Waals surface area contributed by atoms with Crippen LogP contribution in [0, 0.1) is 31.6 Å². The molecule has 6 heteroatoms. The second-order valence-corrected chi connectivity index (χ2v) is 8.01. The van der Waals surface area contributed by atoms with Crippen molar-refractivity contribution in [2.45, 2.75) is 18.0 Å². The highest BCUT2D eigenvalue weighted by Gasteiger charge is 2.63. The fourth-order valence-electron chi connectivity index (χ4n) is 4.39. The number of carbonyl (C=O) groups is 1. The molecule has 0 spiro atoms. The molecule has 0 saturated carbocycles. The standard InChI is InChI=1S/C21H15IN4O/c22-15-6-3-5-14(10-15)17-18(20(25)27)26-9-8-13-4-1-2-7-16(13)19(26)21(17,11-23)12-24/h1-10,17-19H,(H2,25,27)/t17-,18+,19+/m1/s1. The molecule has 2 aromatic rings. The van der Waals surface area contributed by atoms with Crippen LogP contribution >= 0.6 is 22.6 Å². The van der Waals surface area contributed by atoms with Crippen LogP contribution in [0.4, 0.5) is 0 Å². The van der Waals surface area contributed by atoms with Crippen LogP contribution in [0.2, 0.25) is 0 Å². The molecule has 132 valence electrons. The summed E-state index contributed by atoms with van der Waals surface area (Å²) in [6.45, 7) is 0. The largest absolute Gasteiger partial charge is 0.368 e. The van der Waals surface area contributed by atoms with Gasteiger partial charge >= 0.3 is 0 Å². The number of nitrogens with zero attached hydrogens (tertiary/aromatic N) is 3. The number of nitrogens with two attached hydrogens (primary N) is 1. The van der Waals surface area contributed by atoms with Crippen LogP contribution in [0.15, 0.2) is 54.7 Å². The van der Waals surface area contributed by atoms with Gasteiger partial charge in [0.15, 0.2) is 5.41 Å². The molecule has 3 atom stereocenters. The highest BCUT2D eigenvalue weighted by atomic mass is 127. The van der Waals surface area contributed by atoms with Crippen molar-refractivity contribution in [2.75, 3.05) is 0 Å². The fraction of sp³-hybridized carbons (Fsp3) is 0.190. The normalized spacial score (nSPS) is 24.4. The van der Waals surface area contributed by atoms with Crippen LogP contribution in [0.25, 0.3) is 6.08 Å². The summed E-state index contributed by atoms with van der Waals surface area (Å²) in [6, 6.07) is 18.4. The molecule has 0 radical (unpaired) electrons. The van der Waals surface area contributed by atoms with Gasteiger partial charge in [-0.25, -0.2) is 0 Å². The van der Waals surface area contributed by atoms with E-state index in [0.29, 0.717) is 0 Å². The molecule has 4 rings (SSSR count). The molecule has 2 heterocycles. The van der Waals surface area contributed by atoms with Crippen LogP contribution in [0.3, 0.4) is 0 Å². The van der Waals surface area contributed by atoms with Crippen molar-refractivity contribution >= 4 is 34.6 Å². The van der Waals surface area contributed by atoms with Gasteiger partial charge in [0.2, 0.25) is 5.91 Å². The number of halogens is 1. The molecule has 0 bridgehead atoms. The van der Waals surface area contributed by atoms with Crippen molar-refractivity contribution in [3.63, 3.8) is 0 Å². The maximum absolute atomic E-state index is 12.5. The van der Waals surface area contributed by atoms with Gasteiger partial charge in [-0.05, 0) is 57.5 Å². The van der Waals surface area contributed by atoms with E-state index in [1.54, 1.807) is 11.1 Å². The Morgan fingerprint density at radius 1 is 1.15 bits per heavy atom. The van der Waals surface area contributed by atoms with E-state index < -0.39 is 29.3 Å². The van der Waals surface area contributed by atoms with E-state index in [0.717, 1.165) is 20.3 Å². The van der Waals surface area contributed by atoms with Gasteiger partial charge in [0.1, 0.15) is 6.04 Å². The average molecular weight is 466 g/mol. The van der Waals surface area contributed by atoms with Gasteiger partial charge in [-0.15, -0.1) is 0 Å². The topological polar surface area (TPSA) is 93.9 Å². The third kappa shape index (κ3) is 2.44. The molecule has 2 N–H and O–H groups in total. The zero-order chi connectivity index (χ0) is 19.2.